The van der Waals surface area contributed by atoms with Crippen LogP contribution in [0.4, 0.5) is 18.3 Å². The van der Waals surface area contributed by atoms with E-state index in [1.54, 1.807) is 6.20 Å². The van der Waals surface area contributed by atoms with E-state index in [0.29, 0.717) is 5.13 Å². The maximum atomic E-state index is 11.8. The number of anilines is 1. The molecular weight excluding hydrogens is 243 g/mol. The first-order valence-electron chi connectivity index (χ1n) is 4.57. The van der Waals surface area contributed by atoms with Crippen molar-refractivity contribution in [1.82, 2.24) is 4.98 Å². The van der Waals surface area contributed by atoms with Crippen LogP contribution in [0.3, 0.4) is 0 Å². The van der Waals surface area contributed by atoms with Crippen LogP contribution in [0.2, 0.25) is 0 Å². The van der Waals surface area contributed by atoms with Gasteiger partial charge in [-0.3, -0.25) is 5.43 Å². The first-order chi connectivity index (χ1) is 7.51. The Morgan fingerprint density at radius 1 is 1.50 bits per heavy atom. The van der Waals surface area contributed by atoms with Gasteiger partial charge in [-0.2, -0.15) is 13.2 Å². The number of halogens is 3. The summed E-state index contributed by atoms with van der Waals surface area (Å²) in [7, 11) is 0. The lowest BCUT2D eigenvalue weighted by Crippen LogP contribution is -2.08. The predicted molar refractivity (Wildman–Crippen MR) is 54.9 cm³/mol. The van der Waals surface area contributed by atoms with Gasteiger partial charge in [0.05, 0.1) is 11.5 Å². The van der Waals surface area contributed by atoms with E-state index < -0.39 is 12.6 Å². The van der Waals surface area contributed by atoms with Crippen molar-refractivity contribution in [3.05, 3.63) is 11.1 Å². The van der Waals surface area contributed by atoms with Crippen LogP contribution >= 0.6 is 11.3 Å². The van der Waals surface area contributed by atoms with E-state index in [-0.39, 0.29) is 19.6 Å². The summed E-state index contributed by atoms with van der Waals surface area (Å²) in [4.78, 5) is 4.71. The molecular formula is C8H12F3N3OS. The number of hydrogen-bond donors (Lipinski definition) is 2. The second-order valence-electron chi connectivity index (χ2n) is 3.05. The van der Waals surface area contributed by atoms with Crippen molar-refractivity contribution >= 4 is 16.5 Å². The van der Waals surface area contributed by atoms with Gasteiger partial charge in [0, 0.05) is 19.2 Å². The molecule has 92 valence electrons. The Bertz CT molecular complexity index is 316. The minimum Gasteiger partial charge on any atom is -0.376 e. The predicted octanol–water partition coefficient (Wildman–Crippen LogP) is 2.29. The fraction of sp³-hybridized carbons (Fsp3) is 0.625. The van der Waals surface area contributed by atoms with Gasteiger partial charge in [-0.25, -0.2) is 10.8 Å². The maximum absolute atomic E-state index is 11.8. The number of nitrogen functional groups attached to an aromatic ring is 1. The lowest BCUT2D eigenvalue weighted by atomic mass is 10.3. The molecule has 0 saturated carbocycles. The van der Waals surface area contributed by atoms with Gasteiger partial charge in [0.25, 0.3) is 0 Å². The van der Waals surface area contributed by atoms with Gasteiger partial charge in [-0.05, 0) is 6.42 Å². The third-order valence-electron chi connectivity index (χ3n) is 1.67. The monoisotopic (exact) mass is 255 g/mol. The molecule has 1 rings (SSSR count). The summed E-state index contributed by atoms with van der Waals surface area (Å²) in [6.07, 6.45) is -3.37. The molecule has 1 aromatic heterocycles. The summed E-state index contributed by atoms with van der Waals surface area (Å²) < 4.78 is 40.4. The molecule has 0 aliphatic rings. The molecule has 0 aliphatic heterocycles. The average Bonchev–Trinajstić information content (AvgIpc) is 2.63. The Kier molecular flexibility index (Phi) is 4.97. The maximum Gasteiger partial charge on any atom is 0.389 e. The Morgan fingerprint density at radius 3 is 2.81 bits per heavy atom. The number of hydrazine groups is 1. The van der Waals surface area contributed by atoms with Gasteiger partial charge in [-0.15, -0.1) is 0 Å². The first-order valence-corrected chi connectivity index (χ1v) is 5.39. The van der Waals surface area contributed by atoms with Crippen LogP contribution in [-0.2, 0) is 11.3 Å². The van der Waals surface area contributed by atoms with Crippen molar-refractivity contribution in [3.63, 3.8) is 0 Å². The SMILES string of the molecule is NNc1ncc(COCCCC(F)(F)F)s1. The summed E-state index contributed by atoms with van der Waals surface area (Å²) in [5.41, 5.74) is 2.37. The normalized spacial score (nSPS) is 11.8. The molecule has 0 saturated heterocycles. The Hall–Kier alpha value is -0.860. The van der Waals surface area contributed by atoms with Crippen molar-refractivity contribution in [3.8, 4) is 0 Å². The highest BCUT2D eigenvalue weighted by atomic mass is 32.1. The molecule has 16 heavy (non-hydrogen) atoms. The van der Waals surface area contributed by atoms with Crippen LogP contribution in [0.15, 0.2) is 6.20 Å². The van der Waals surface area contributed by atoms with E-state index in [4.69, 9.17) is 10.6 Å². The second kappa shape index (κ2) is 6.02. The zero-order chi connectivity index (χ0) is 12.0. The lowest BCUT2D eigenvalue weighted by molar-refractivity contribution is -0.138. The third-order valence-corrected chi connectivity index (χ3v) is 2.57. The van der Waals surface area contributed by atoms with Crippen molar-refractivity contribution in [1.29, 1.82) is 0 Å². The Morgan fingerprint density at radius 2 is 2.25 bits per heavy atom. The standard InChI is InChI=1S/C8H12F3N3OS/c9-8(10,11)2-1-3-15-5-6-4-13-7(14-12)16-6/h4H,1-3,5,12H2,(H,13,14). The van der Waals surface area contributed by atoms with Crippen LogP contribution in [-0.4, -0.2) is 17.8 Å². The van der Waals surface area contributed by atoms with Crippen LogP contribution < -0.4 is 11.3 Å². The molecule has 3 N–H and O–H groups in total. The molecule has 1 aromatic rings. The van der Waals surface area contributed by atoms with Crippen LogP contribution in [0.25, 0.3) is 0 Å². The topological polar surface area (TPSA) is 60.2 Å². The van der Waals surface area contributed by atoms with Crippen molar-refractivity contribution in [2.24, 2.45) is 5.84 Å². The van der Waals surface area contributed by atoms with Gasteiger partial charge in [0.15, 0.2) is 5.13 Å². The number of rotatable bonds is 6. The number of nitrogens with two attached hydrogens (primary N) is 1. The van der Waals surface area contributed by atoms with Gasteiger partial charge < -0.3 is 4.74 Å². The van der Waals surface area contributed by atoms with E-state index in [1.807, 2.05) is 0 Å². The quantitative estimate of drug-likeness (QED) is 0.465. The molecule has 0 bridgehead atoms. The highest BCUT2D eigenvalue weighted by Crippen LogP contribution is 2.21. The number of nitrogens with one attached hydrogen (secondary N) is 1. The Labute approximate surface area is 94.6 Å². The fourth-order valence-corrected chi connectivity index (χ4v) is 1.65. The molecule has 0 amide bonds. The number of hydrogen-bond acceptors (Lipinski definition) is 5. The number of thiazole rings is 1. The van der Waals surface area contributed by atoms with Crippen LogP contribution in [0.1, 0.15) is 17.7 Å². The molecule has 0 atom stereocenters. The van der Waals surface area contributed by atoms with Crippen LogP contribution in [0.5, 0.6) is 0 Å². The van der Waals surface area contributed by atoms with E-state index in [9.17, 15) is 13.2 Å². The summed E-state index contributed by atoms with van der Waals surface area (Å²) in [6.45, 7) is 0.347. The van der Waals surface area contributed by atoms with Gasteiger partial charge in [0.1, 0.15) is 0 Å². The lowest BCUT2D eigenvalue weighted by Gasteiger charge is -2.05. The van der Waals surface area contributed by atoms with Crippen molar-refractivity contribution in [2.75, 3.05) is 12.0 Å². The zero-order valence-corrected chi connectivity index (χ0v) is 9.20. The molecule has 0 aromatic carbocycles. The number of ether oxygens (including phenoxy) is 1. The summed E-state index contributed by atoms with van der Waals surface area (Å²) in [5, 5.41) is 0.550. The average molecular weight is 255 g/mol. The zero-order valence-electron chi connectivity index (χ0n) is 8.38. The molecule has 4 nitrogen and oxygen atoms in total. The molecule has 8 heteroatoms. The first kappa shape index (κ1) is 13.2. The Balaban J connectivity index is 2.11. The highest BCUT2D eigenvalue weighted by Gasteiger charge is 2.25. The second-order valence-corrected chi connectivity index (χ2v) is 4.16. The molecule has 0 fully saturated rings. The largest absolute Gasteiger partial charge is 0.389 e. The smallest absolute Gasteiger partial charge is 0.376 e. The van der Waals surface area contributed by atoms with Gasteiger partial charge in [-0.1, -0.05) is 11.3 Å². The van der Waals surface area contributed by atoms with E-state index in [2.05, 4.69) is 10.4 Å². The van der Waals surface area contributed by atoms with Gasteiger partial charge >= 0.3 is 6.18 Å². The summed E-state index contributed by atoms with van der Waals surface area (Å²) in [5.74, 6) is 5.12. The molecule has 0 spiro atoms. The van der Waals surface area contributed by atoms with E-state index in [1.165, 1.54) is 11.3 Å². The fourth-order valence-electron chi connectivity index (χ4n) is 0.988. The van der Waals surface area contributed by atoms with E-state index in [0.717, 1.165) is 4.88 Å². The van der Waals surface area contributed by atoms with E-state index >= 15 is 0 Å². The minimum absolute atomic E-state index is 0.0235. The molecule has 0 aliphatic carbocycles. The van der Waals surface area contributed by atoms with Crippen molar-refractivity contribution < 1.29 is 17.9 Å². The molecule has 0 unspecified atom stereocenters. The molecule has 0 radical (unpaired) electrons. The highest BCUT2D eigenvalue weighted by molar-refractivity contribution is 7.15. The van der Waals surface area contributed by atoms with Crippen molar-refractivity contribution in [2.45, 2.75) is 25.6 Å². The summed E-state index contributed by atoms with van der Waals surface area (Å²) in [6, 6.07) is 0. The molecule has 1 heterocycles. The number of alkyl halides is 3. The summed E-state index contributed by atoms with van der Waals surface area (Å²) >= 11 is 1.30. The minimum atomic E-state index is -4.11. The number of aromatic nitrogens is 1. The van der Waals surface area contributed by atoms with Crippen LogP contribution in [0, 0.1) is 0 Å². The van der Waals surface area contributed by atoms with Gasteiger partial charge in [0.2, 0.25) is 0 Å². The third kappa shape index (κ3) is 5.29. The number of nitrogens with zero attached hydrogens (tertiary/aromatic N) is 1.